The number of aromatic carboxylic acids is 1. The summed E-state index contributed by atoms with van der Waals surface area (Å²) in [5, 5.41) is 19.2. The SMILES string of the molecule is O=C(O)c1c(Br)ccc([N+](=O)[O-])c1Br. The van der Waals surface area contributed by atoms with Crippen LogP contribution in [0.4, 0.5) is 5.69 Å². The summed E-state index contributed by atoms with van der Waals surface area (Å²) in [7, 11) is 0. The number of hydrogen-bond donors (Lipinski definition) is 1. The summed E-state index contributed by atoms with van der Waals surface area (Å²) >= 11 is 5.88. The van der Waals surface area contributed by atoms with Crippen molar-refractivity contribution in [2.45, 2.75) is 0 Å². The van der Waals surface area contributed by atoms with Crippen LogP contribution in [0.15, 0.2) is 21.1 Å². The molecule has 0 bridgehead atoms. The van der Waals surface area contributed by atoms with Gasteiger partial charge in [-0.25, -0.2) is 4.79 Å². The predicted molar refractivity (Wildman–Crippen MR) is 55.5 cm³/mol. The van der Waals surface area contributed by atoms with Gasteiger partial charge in [0, 0.05) is 10.5 Å². The van der Waals surface area contributed by atoms with Gasteiger partial charge in [0.05, 0.1) is 10.5 Å². The third-order valence-corrected chi connectivity index (χ3v) is 2.94. The molecule has 5 nitrogen and oxygen atoms in total. The maximum atomic E-state index is 10.7. The molecule has 0 aliphatic rings. The summed E-state index contributed by atoms with van der Waals surface area (Å²) < 4.78 is 0.256. The van der Waals surface area contributed by atoms with E-state index in [4.69, 9.17) is 5.11 Å². The van der Waals surface area contributed by atoms with E-state index in [1.807, 2.05) is 0 Å². The van der Waals surface area contributed by atoms with Gasteiger partial charge in [0.2, 0.25) is 0 Å². The Morgan fingerprint density at radius 1 is 1.43 bits per heavy atom. The first-order chi connectivity index (χ1) is 6.45. The van der Waals surface area contributed by atoms with Crippen LogP contribution in [0.5, 0.6) is 0 Å². The van der Waals surface area contributed by atoms with Crippen LogP contribution in [-0.4, -0.2) is 16.0 Å². The Kier molecular flexibility index (Phi) is 3.22. The minimum Gasteiger partial charge on any atom is -0.478 e. The molecular formula is C7H3Br2NO4. The highest BCUT2D eigenvalue weighted by Crippen LogP contribution is 2.33. The van der Waals surface area contributed by atoms with Crippen molar-refractivity contribution in [1.29, 1.82) is 0 Å². The van der Waals surface area contributed by atoms with Crippen molar-refractivity contribution in [3.63, 3.8) is 0 Å². The molecule has 0 radical (unpaired) electrons. The molecule has 7 heteroatoms. The van der Waals surface area contributed by atoms with Crippen molar-refractivity contribution in [2.75, 3.05) is 0 Å². The molecular weight excluding hydrogens is 322 g/mol. The molecule has 0 spiro atoms. The minimum absolute atomic E-state index is 0.0376. The van der Waals surface area contributed by atoms with E-state index in [0.717, 1.165) is 0 Å². The maximum absolute atomic E-state index is 10.7. The molecule has 0 saturated heterocycles. The standard InChI is InChI=1S/C7H3Br2NO4/c8-3-1-2-4(10(13)14)6(9)5(3)7(11)12/h1-2H,(H,11,12). The Bertz CT molecular complexity index is 418. The Morgan fingerprint density at radius 2 is 2.00 bits per heavy atom. The number of nitro benzene ring substituents is 1. The topological polar surface area (TPSA) is 80.4 Å². The van der Waals surface area contributed by atoms with E-state index in [-0.39, 0.29) is 15.7 Å². The van der Waals surface area contributed by atoms with E-state index in [1.54, 1.807) is 0 Å². The minimum atomic E-state index is -1.23. The number of nitrogens with zero attached hydrogens (tertiary/aromatic N) is 1. The molecule has 0 aliphatic heterocycles. The first-order valence-electron chi connectivity index (χ1n) is 3.31. The van der Waals surface area contributed by atoms with Gasteiger partial charge in [-0.15, -0.1) is 0 Å². The van der Waals surface area contributed by atoms with Crippen molar-refractivity contribution >= 4 is 43.5 Å². The highest BCUT2D eigenvalue weighted by Gasteiger charge is 2.21. The average molecular weight is 325 g/mol. The molecule has 0 saturated carbocycles. The lowest BCUT2D eigenvalue weighted by atomic mass is 10.2. The fourth-order valence-corrected chi connectivity index (χ4v) is 2.30. The number of benzene rings is 1. The van der Waals surface area contributed by atoms with Gasteiger partial charge >= 0.3 is 5.97 Å². The molecule has 0 aromatic heterocycles. The normalized spacial score (nSPS) is 9.86. The highest BCUT2D eigenvalue weighted by molar-refractivity contribution is 9.11. The quantitative estimate of drug-likeness (QED) is 0.670. The van der Waals surface area contributed by atoms with E-state index in [2.05, 4.69) is 31.9 Å². The molecule has 1 N–H and O–H groups in total. The highest BCUT2D eigenvalue weighted by atomic mass is 79.9. The van der Waals surface area contributed by atoms with Gasteiger partial charge in [-0.05, 0) is 37.9 Å². The molecule has 1 rings (SSSR count). The van der Waals surface area contributed by atoms with Crippen LogP contribution in [0.1, 0.15) is 10.4 Å². The van der Waals surface area contributed by atoms with Crippen molar-refractivity contribution in [1.82, 2.24) is 0 Å². The van der Waals surface area contributed by atoms with Gasteiger partial charge < -0.3 is 5.11 Å². The van der Waals surface area contributed by atoms with Crippen LogP contribution in [0.3, 0.4) is 0 Å². The smallest absolute Gasteiger partial charge is 0.338 e. The van der Waals surface area contributed by atoms with E-state index in [9.17, 15) is 14.9 Å². The molecule has 0 unspecified atom stereocenters. The van der Waals surface area contributed by atoms with Gasteiger partial charge in [-0.3, -0.25) is 10.1 Å². The number of rotatable bonds is 2. The number of carbonyl (C=O) groups is 1. The zero-order valence-corrected chi connectivity index (χ0v) is 9.70. The zero-order valence-electron chi connectivity index (χ0n) is 6.53. The Balaban J connectivity index is 3.49. The molecule has 0 fully saturated rings. The lowest BCUT2D eigenvalue weighted by Gasteiger charge is -2.02. The van der Waals surface area contributed by atoms with Crippen molar-refractivity contribution in [3.05, 3.63) is 36.8 Å². The van der Waals surface area contributed by atoms with Crippen LogP contribution in [0, 0.1) is 10.1 Å². The molecule has 1 aromatic rings. The fourth-order valence-electron chi connectivity index (χ4n) is 0.879. The second kappa shape index (κ2) is 4.05. The van der Waals surface area contributed by atoms with Gasteiger partial charge in [0.15, 0.2) is 0 Å². The van der Waals surface area contributed by atoms with E-state index in [1.165, 1.54) is 12.1 Å². The second-order valence-electron chi connectivity index (χ2n) is 2.32. The van der Waals surface area contributed by atoms with Crippen molar-refractivity contribution < 1.29 is 14.8 Å². The zero-order chi connectivity index (χ0) is 10.9. The summed E-state index contributed by atoms with van der Waals surface area (Å²) in [6.45, 7) is 0. The number of carboxylic acids is 1. The number of carboxylic acid groups (broad SMARTS) is 1. The van der Waals surface area contributed by atoms with Gasteiger partial charge in [0.25, 0.3) is 5.69 Å². The second-order valence-corrected chi connectivity index (χ2v) is 3.97. The third-order valence-electron chi connectivity index (χ3n) is 1.48. The molecule has 0 amide bonds. The van der Waals surface area contributed by atoms with Crippen LogP contribution in [-0.2, 0) is 0 Å². The van der Waals surface area contributed by atoms with Crippen LogP contribution < -0.4 is 0 Å². The van der Waals surface area contributed by atoms with Crippen LogP contribution in [0.2, 0.25) is 0 Å². The molecule has 14 heavy (non-hydrogen) atoms. The summed E-state index contributed by atoms with van der Waals surface area (Å²) in [6, 6.07) is 2.55. The summed E-state index contributed by atoms with van der Waals surface area (Å²) in [4.78, 5) is 20.6. The lowest BCUT2D eigenvalue weighted by molar-refractivity contribution is -0.385. The van der Waals surface area contributed by atoms with Crippen molar-refractivity contribution in [3.8, 4) is 0 Å². The van der Waals surface area contributed by atoms with Crippen molar-refractivity contribution in [2.24, 2.45) is 0 Å². The Labute approximate surface area is 95.1 Å². The predicted octanol–water partition coefficient (Wildman–Crippen LogP) is 2.82. The number of nitro groups is 1. The van der Waals surface area contributed by atoms with Crippen LogP contribution >= 0.6 is 31.9 Å². The van der Waals surface area contributed by atoms with E-state index >= 15 is 0 Å². The van der Waals surface area contributed by atoms with Gasteiger partial charge in [0.1, 0.15) is 4.47 Å². The molecule has 0 atom stereocenters. The maximum Gasteiger partial charge on any atom is 0.338 e. The summed E-state index contributed by atoms with van der Waals surface area (Å²) in [6.07, 6.45) is 0. The lowest BCUT2D eigenvalue weighted by Crippen LogP contribution is -2.01. The van der Waals surface area contributed by atoms with E-state index in [0.29, 0.717) is 4.47 Å². The molecule has 74 valence electrons. The monoisotopic (exact) mass is 323 g/mol. The Hall–Kier alpha value is -0.950. The Morgan fingerprint density at radius 3 is 2.43 bits per heavy atom. The third kappa shape index (κ3) is 1.93. The first-order valence-corrected chi connectivity index (χ1v) is 4.89. The van der Waals surface area contributed by atoms with E-state index < -0.39 is 10.9 Å². The molecule has 0 aliphatic carbocycles. The summed E-state index contributed by atoms with van der Waals surface area (Å²) in [5.41, 5.74) is -0.426. The fraction of sp³-hybridized carbons (Fsp3) is 0. The molecule has 0 heterocycles. The number of halogens is 2. The van der Waals surface area contributed by atoms with Crippen LogP contribution in [0.25, 0.3) is 0 Å². The van der Waals surface area contributed by atoms with Gasteiger partial charge in [-0.2, -0.15) is 0 Å². The number of hydrogen-bond acceptors (Lipinski definition) is 3. The summed E-state index contributed by atoms with van der Waals surface area (Å²) in [5.74, 6) is -1.23. The first kappa shape index (κ1) is 11.1. The van der Waals surface area contributed by atoms with Gasteiger partial charge in [-0.1, -0.05) is 0 Å². The molecule has 1 aromatic carbocycles. The average Bonchev–Trinajstić information content (AvgIpc) is 2.02. The largest absolute Gasteiger partial charge is 0.478 e.